The standard InChI is InChI=1S/C26H34FN3O4/c1-26(2,3)34-25(32)30-15-9-8-12-21(17-30)29(4)23-14-13-20(16-22(23)27)28-24(31)33-18-19-10-6-5-7-11-19/h5-7,10-11,13-14,16,21H,8-9,12,15,17-18H2,1-4H3,(H,28,31)/t21-/m1/s1. The second-order valence-electron chi connectivity index (χ2n) is 9.54. The largest absolute Gasteiger partial charge is 0.444 e. The molecule has 184 valence electrons. The molecule has 2 amide bonds. The Morgan fingerprint density at radius 2 is 1.88 bits per heavy atom. The molecule has 0 saturated carbocycles. The minimum atomic E-state index is -0.652. The molecule has 1 fully saturated rings. The number of halogens is 1. The van der Waals surface area contributed by atoms with Crippen molar-refractivity contribution >= 4 is 23.6 Å². The highest BCUT2D eigenvalue weighted by molar-refractivity contribution is 5.85. The van der Waals surface area contributed by atoms with Gasteiger partial charge in [-0.3, -0.25) is 5.32 Å². The van der Waals surface area contributed by atoms with Crippen molar-refractivity contribution in [1.29, 1.82) is 0 Å². The highest BCUT2D eigenvalue weighted by atomic mass is 19.1. The van der Waals surface area contributed by atoms with Crippen LogP contribution in [0.15, 0.2) is 48.5 Å². The summed E-state index contributed by atoms with van der Waals surface area (Å²) in [5.41, 5.74) is 1.01. The lowest BCUT2D eigenvalue weighted by Gasteiger charge is -2.33. The SMILES string of the molecule is CN(c1ccc(NC(=O)OCc2ccccc2)cc1F)[C@@H]1CCCCN(C(=O)OC(C)(C)C)C1. The summed E-state index contributed by atoms with van der Waals surface area (Å²) in [6.07, 6.45) is 1.65. The minimum absolute atomic E-state index is 0.0563. The van der Waals surface area contributed by atoms with E-state index >= 15 is 0 Å². The van der Waals surface area contributed by atoms with Crippen LogP contribution in [0.25, 0.3) is 0 Å². The lowest BCUT2D eigenvalue weighted by atomic mass is 10.1. The van der Waals surface area contributed by atoms with Crippen LogP contribution in [0.3, 0.4) is 0 Å². The lowest BCUT2D eigenvalue weighted by molar-refractivity contribution is 0.0249. The smallest absolute Gasteiger partial charge is 0.411 e. The summed E-state index contributed by atoms with van der Waals surface area (Å²) in [5, 5.41) is 2.56. The molecule has 0 aliphatic carbocycles. The van der Waals surface area contributed by atoms with Crippen molar-refractivity contribution in [2.75, 3.05) is 30.4 Å². The summed E-state index contributed by atoms with van der Waals surface area (Å²) < 4.78 is 25.7. The van der Waals surface area contributed by atoms with Gasteiger partial charge in [0.05, 0.1) is 5.69 Å². The fourth-order valence-electron chi connectivity index (χ4n) is 3.87. The van der Waals surface area contributed by atoms with E-state index in [-0.39, 0.29) is 18.7 Å². The number of benzene rings is 2. The van der Waals surface area contributed by atoms with Gasteiger partial charge < -0.3 is 19.3 Å². The van der Waals surface area contributed by atoms with E-state index < -0.39 is 17.5 Å². The average molecular weight is 472 g/mol. The van der Waals surface area contributed by atoms with Crippen molar-refractivity contribution < 1.29 is 23.5 Å². The van der Waals surface area contributed by atoms with Crippen molar-refractivity contribution in [2.24, 2.45) is 0 Å². The normalized spacial score (nSPS) is 16.4. The number of anilines is 2. The van der Waals surface area contributed by atoms with Gasteiger partial charge in [0.15, 0.2) is 0 Å². The van der Waals surface area contributed by atoms with Gasteiger partial charge in [0, 0.05) is 31.9 Å². The van der Waals surface area contributed by atoms with Crippen LogP contribution >= 0.6 is 0 Å². The van der Waals surface area contributed by atoms with Gasteiger partial charge in [0.1, 0.15) is 18.0 Å². The highest BCUT2D eigenvalue weighted by Crippen LogP contribution is 2.27. The van der Waals surface area contributed by atoms with Crippen molar-refractivity contribution in [2.45, 2.75) is 58.3 Å². The zero-order valence-electron chi connectivity index (χ0n) is 20.3. The van der Waals surface area contributed by atoms with Crippen LogP contribution < -0.4 is 10.2 Å². The lowest BCUT2D eigenvalue weighted by Crippen LogP contribution is -2.45. The molecule has 8 heteroatoms. The van der Waals surface area contributed by atoms with Gasteiger partial charge in [-0.15, -0.1) is 0 Å². The number of carbonyl (C=O) groups is 2. The molecule has 0 aromatic heterocycles. The van der Waals surface area contributed by atoms with Crippen LogP contribution in [0.2, 0.25) is 0 Å². The molecule has 0 unspecified atom stereocenters. The first kappa shape index (κ1) is 25.3. The van der Waals surface area contributed by atoms with Crippen molar-refractivity contribution in [3.63, 3.8) is 0 Å². The van der Waals surface area contributed by atoms with Gasteiger partial charge in [-0.2, -0.15) is 0 Å². The topological polar surface area (TPSA) is 71.1 Å². The van der Waals surface area contributed by atoms with Crippen LogP contribution in [0.5, 0.6) is 0 Å². The number of carbonyl (C=O) groups excluding carboxylic acids is 2. The number of rotatable bonds is 5. The van der Waals surface area contributed by atoms with Crippen LogP contribution in [0, 0.1) is 5.82 Å². The number of ether oxygens (including phenoxy) is 2. The molecule has 1 aliphatic rings. The second-order valence-corrected chi connectivity index (χ2v) is 9.54. The van der Waals surface area contributed by atoms with Crippen molar-refractivity contribution in [3.8, 4) is 0 Å². The first-order chi connectivity index (χ1) is 16.1. The van der Waals surface area contributed by atoms with Gasteiger partial charge in [-0.25, -0.2) is 14.0 Å². The summed E-state index contributed by atoms with van der Waals surface area (Å²) in [5.74, 6) is -0.462. The van der Waals surface area contributed by atoms with Gasteiger partial charge >= 0.3 is 12.2 Å². The molecule has 1 heterocycles. The quantitative estimate of drug-likeness (QED) is 0.597. The zero-order chi connectivity index (χ0) is 24.7. The summed E-state index contributed by atoms with van der Waals surface area (Å²) in [6, 6.07) is 13.8. The number of amides is 2. The molecule has 1 atom stereocenters. The number of likely N-dealkylation sites (tertiary alicyclic amines) is 1. The first-order valence-electron chi connectivity index (χ1n) is 11.6. The van der Waals surface area contributed by atoms with E-state index in [4.69, 9.17) is 9.47 Å². The zero-order valence-corrected chi connectivity index (χ0v) is 20.3. The Morgan fingerprint density at radius 1 is 1.15 bits per heavy atom. The fourth-order valence-corrected chi connectivity index (χ4v) is 3.87. The summed E-state index contributed by atoms with van der Waals surface area (Å²) >= 11 is 0. The molecular formula is C26H34FN3O4. The Balaban J connectivity index is 1.61. The van der Waals surface area contributed by atoms with Crippen molar-refractivity contribution in [1.82, 2.24) is 4.90 Å². The van der Waals surface area contributed by atoms with Crippen LogP contribution in [0.4, 0.5) is 25.4 Å². The van der Waals surface area contributed by atoms with Crippen molar-refractivity contribution in [3.05, 3.63) is 59.9 Å². The second kappa shape index (κ2) is 11.2. The van der Waals surface area contributed by atoms with E-state index in [0.29, 0.717) is 24.5 Å². The first-order valence-corrected chi connectivity index (χ1v) is 11.6. The Kier molecular flexibility index (Phi) is 8.36. The summed E-state index contributed by atoms with van der Waals surface area (Å²) in [7, 11) is 1.82. The highest BCUT2D eigenvalue weighted by Gasteiger charge is 2.29. The maximum Gasteiger partial charge on any atom is 0.411 e. The number of likely N-dealkylation sites (N-methyl/N-ethyl adjacent to an activating group) is 1. The molecule has 0 bridgehead atoms. The average Bonchev–Trinajstić information content (AvgIpc) is 3.04. The molecule has 2 aromatic carbocycles. The van der Waals surface area contributed by atoms with E-state index in [1.807, 2.05) is 63.1 Å². The van der Waals surface area contributed by atoms with E-state index in [2.05, 4.69) is 5.32 Å². The Hall–Kier alpha value is -3.29. The van der Waals surface area contributed by atoms with Crippen LogP contribution in [0.1, 0.15) is 45.6 Å². The molecule has 0 spiro atoms. The Labute approximate surface area is 200 Å². The predicted octanol–water partition coefficient (Wildman–Crippen LogP) is 5.80. The van der Waals surface area contributed by atoms with E-state index in [9.17, 15) is 14.0 Å². The van der Waals surface area contributed by atoms with E-state index in [1.54, 1.807) is 17.0 Å². The van der Waals surface area contributed by atoms with Gasteiger partial charge in [0.2, 0.25) is 0 Å². The van der Waals surface area contributed by atoms with Gasteiger partial charge in [0.25, 0.3) is 0 Å². The number of nitrogens with zero attached hydrogens (tertiary/aromatic N) is 2. The molecule has 1 aliphatic heterocycles. The summed E-state index contributed by atoms with van der Waals surface area (Å²) in [4.78, 5) is 28.2. The number of hydrogen-bond donors (Lipinski definition) is 1. The Bertz CT molecular complexity index is 978. The predicted molar refractivity (Wildman–Crippen MR) is 130 cm³/mol. The monoisotopic (exact) mass is 471 g/mol. The molecular weight excluding hydrogens is 437 g/mol. The maximum atomic E-state index is 15.0. The molecule has 1 N–H and O–H groups in total. The third-order valence-corrected chi connectivity index (χ3v) is 5.63. The van der Waals surface area contributed by atoms with Gasteiger partial charge in [-0.05, 0) is 63.8 Å². The molecule has 34 heavy (non-hydrogen) atoms. The number of hydrogen-bond acceptors (Lipinski definition) is 5. The fraction of sp³-hybridized carbons (Fsp3) is 0.462. The molecule has 2 aromatic rings. The summed E-state index contributed by atoms with van der Waals surface area (Å²) in [6.45, 7) is 6.73. The Morgan fingerprint density at radius 3 is 2.56 bits per heavy atom. The van der Waals surface area contributed by atoms with Gasteiger partial charge in [-0.1, -0.05) is 30.3 Å². The third-order valence-electron chi connectivity index (χ3n) is 5.63. The van der Waals surface area contributed by atoms with Crippen LogP contribution in [-0.4, -0.2) is 48.9 Å². The minimum Gasteiger partial charge on any atom is -0.444 e. The molecule has 7 nitrogen and oxygen atoms in total. The third kappa shape index (κ3) is 7.37. The maximum absolute atomic E-state index is 15.0. The van der Waals surface area contributed by atoms with E-state index in [1.165, 1.54) is 6.07 Å². The molecule has 3 rings (SSSR count). The van der Waals surface area contributed by atoms with E-state index in [0.717, 1.165) is 24.8 Å². The number of nitrogens with one attached hydrogen (secondary N) is 1. The molecule has 1 saturated heterocycles. The molecule has 0 radical (unpaired) electrons. The van der Waals surface area contributed by atoms with Crippen LogP contribution in [-0.2, 0) is 16.1 Å².